The van der Waals surface area contributed by atoms with E-state index in [1.807, 2.05) is 18.2 Å². The Morgan fingerprint density at radius 3 is 2.55 bits per heavy atom. The molecule has 0 aromatic heterocycles. The summed E-state index contributed by atoms with van der Waals surface area (Å²) in [5.74, 6) is 3.32. The predicted molar refractivity (Wildman–Crippen MR) is 152 cm³/mol. The maximum atomic E-state index is 11.9. The van der Waals surface area contributed by atoms with Crippen molar-refractivity contribution in [2.75, 3.05) is 7.11 Å². The lowest BCUT2D eigenvalue weighted by Crippen LogP contribution is -2.62. The normalized spacial score (nSPS) is 43.2. The number of ether oxygens (including phenoxy) is 1. The van der Waals surface area contributed by atoms with Gasteiger partial charge in [-0.15, -0.1) is 0 Å². The molecule has 1 aromatic carbocycles. The molecule has 0 heterocycles. The molecule has 4 nitrogen and oxygen atoms in total. The first-order valence-electron chi connectivity index (χ1n) is 15.3. The van der Waals surface area contributed by atoms with Crippen LogP contribution in [0.4, 0.5) is 0 Å². The maximum Gasteiger partial charge on any atom is 0.337 e. The Kier molecular flexibility index (Phi) is 7.88. The summed E-state index contributed by atoms with van der Waals surface area (Å²) in [6, 6.07) is 7.64. The molecular weight excluding hydrogens is 472 g/mol. The Labute approximate surface area is 230 Å². The van der Waals surface area contributed by atoms with Gasteiger partial charge in [-0.2, -0.15) is 0 Å². The second kappa shape index (κ2) is 10.7. The Bertz CT molecular complexity index is 1030. The van der Waals surface area contributed by atoms with Crippen LogP contribution in [0.3, 0.4) is 0 Å². The van der Waals surface area contributed by atoms with Crippen molar-refractivity contribution in [3.8, 4) is 0 Å². The molecule has 0 spiro atoms. The molecule has 1 aromatic rings. The number of aliphatic hydroxyl groups is 2. The SMILES string of the molecule is CC[C@H]1[C@@H](O)C2C3CC[C@H]([C@H](C)C/C=C/c4cccc(C(=O)OC)c4)[C@@]3(C)CCC2[C@@]2(C)CC[C@@H](O)C[C@@H]12. The minimum atomic E-state index is -0.297. The molecule has 4 aliphatic rings. The lowest BCUT2D eigenvalue weighted by atomic mass is 9.41. The van der Waals surface area contributed by atoms with Crippen molar-refractivity contribution < 1.29 is 19.7 Å². The van der Waals surface area contributed by atoms with E-state index in [2.05, 4.69) is 39.8 Å². The molecule has 210 valence electrons. The van der Waals surface area contributed by atoms with Crippen molar-refractivity contribution in [2.24, 2.45) is 52.3 Å². The summed E-state index contributed by atoms with van der Waals surface area (Å²) in [6.07, 6.45) is 14.0. The third-order valence-electron chi connectivity index (χ3n) is 12.3. The fraction of sp³-hybridized carbons (Fsp3) is 0.735. The number of benzene rings is 1. The molecule has 3 unspecified atom stereocenters. The number of carbonyl (C=O) groups excluding carboxylic acids is 1. The van der Waals surface area contributed by atoms with Gasteiger partial charge in [0.05, 0.1) is 24.9 Å². The molecule has 4 fully saturated rings. The van der Waals surface area contributed by atoms with E-state index in [4.69, 9.17) is 4.74 Å². The molecule has 0 aliphatic heterocycles. The molecule has 0 radical (unpaired) electrons. The van der Waals surface area contributed by atoms with Gasteiger partial charge in [-0.1, -0.05) is 58.4 Å². The largest absolute Gasteiger partial charge is 0.465 e. The van der Waals surface area contributed by atoms with E-state index in [1.54, 1.807) is 6.07 Å². The first kappa shape index (κ1) is 27.9. The molecule has 0 saturated heterocycles. The third kappa shape index (κ3) is 4.58. The molecule has 11 atom stereocenters. The van der Waals surface area contributed by atoms with Crippen molar-refractivity contribution in [1.82, 2.24) is 0 Å². The van der Waals surface area contributed by atoms with E-state index in [0.717, 1.165) is 37.7 Å². The van der Waals surface area contributed by atoms with Crippen LogP contribution >= 0.6 is 0 Å². The standard InChI is InChI=1S/C34H50O4/c1-6-25-29-20-24(35)15-17-34(29,4)28-16-18-33(3)26(13-14-27(33)30(28)31(25)36)21(2)9-7-10-22-11-8-12-23(19-22)32(37)38-5/h7-8,10-12,19,21,24-31,35-36H,6,9,13-18,20H2,1-5H3/b10-7+/t21-,24-,25-,26-,27?,28?,29+,30?,31-,33-,34-/m1/s1. The van der Waals surface area contributed by atoms with Gasteiger partial charge in [0.25, 0.3) is 0 Å². The lowest BCUT2D eigenvalue weighted by Gasteiger charge is -2.64. The van der Waals surface area contributed by atoms with Crippen LogP contribution in [0.1, 0.15) is 101 Å². The summed E-state index contributed by atoms with van der Waals surface area (Å²) in [5, 5.41) is 22.4. The highest BCUT2D eigenvalue weighted by Gasteiger charge is 2.64. The lowest BCUT2D eigenvalue weighted by molar-refractivity contribution is -0.203. The first-order valence-corrected chi connectivity index (χ1v) is 15.3. The summed E-state index contributed by atoms with van der Waals surface area (Å²) in [5.41, 5.74) is 2.17. The van der Waals surface area contributed by atoms with Crippen molar-refractivity contribution in [2.45, 2.75) is 97.7 Å². The van der Waals surface area contributed by atoms with Crippen LogP contribution in [0, 0.1) is 52.3 Å². The van der Waals surface area contributed by atoms with E-state index < -0.39 is 0 Å². The quantitative estimate of drug-likeness (QED) is 0.390. The van der Waals surface area contributed by atoms with Gasteiger partial charge in [-0.05, 0) is 121 Å². The molecule has 2 N–H and O–H groups in total. The Hall–Kier alpha value is -1.65. The minimum Gasteiger partial charge on any atom is -0.465 e. The Morgan fingerprint density at radius 2 is 1.82 bits per heavy atom. The average Bonchev–Trinajstić information content (AvgIpc) is 3.26. The summed E-state index contributed by atoms with van der Waals surface area (Å²) in [6.45, 7) is 9.75. The maximum absolute atomic E-state index is 11.9. The number of esters is 1. The van der Waals surface area contributed by atoms with Gasteiger partial charge in [0, 0.05) is 0 Å². The van der Waals surface area contributed by atoms with Gasteiger partial charge < -0.3 is 14.9 Å². The first-order chi connectivity index (χ1) is 18.1. The zero-order valence-corrected chi connectivity index (χ0v) is 24.2. The highest BCUT2D eigenvalue weighted by molar-refractivity contribution is 5.89. The minimum absolute atomic E-state index is 0.188. The van der Waals surface area contributed by atoms with E-state index >= 15 is 0 Å². The summed E-state index contributed by atoms with van der Waals surface area (Å²) < 4.78 is 4.87. The molecule has 0 bridgehead atoms. The number of fused-ring (bicyclic) bond motifs is 5. The number of methoxy groups -OCH3 is 1. The van der Waals surface area contributed by atoms with Crippen LogP contribution < -0.4 is 0 Å². The van der Waals surface area contributed by atoms with Gasteiger partial charge in [0.1, 0.15) is 0 Å². The second-order valence-corrected chi connectivity index (χ2v) is 13.9. The van der Waals surface area contributed by atoms with Gasteiger partial charge >= 0.3 is 5.97 Å². The smallest absolute Gasteiger partial charge is 0.337 e. The zero-order chi connectivity index (χ0) is 27.2. The van der Waals surface area contributed by atoms with Crippen LogP contribution in [-0.2, 0) is 4.74 Å². The van der Waals surface area contributed by atoms with Gasteiger partial charge in [0.2, 0.25) is 0 Å². The summed E-state index contributed by atoms with van der Waals surface area (Å²) in [4.78, 5) is 11.9. The van der Waals surface area contributed by atoms with Crippen molar-refractivity contribution in [1.29, 1.82) is 0 Å². The van der Waals surface area contributed by atoms with Crippen LogP contribution in [0.15, 0.2) is 30.3 Å². The summed E-state index contributed by atoms with van der Waals surface area (Å²) >= 11 is 0. The Balaban J connectivity index is 1.31. The van der Waals surface area contributed by atoms with E-state index in [0.29, 0.717) is 47.0 Å². The van der Waals surface area contributed by atoms with Crippen LogP contribution in [0.25, 0.3) is 6.08 Å². The molecule has 38 heavy (non-hydrogen) atoms. The monoisotopic (exact) mass is 522 g/mol. The van der Waals surface area contributed by atoms with Gasteiger partial charge in [0.15, 0.2) is 0 Å². The van der Waals surface area contributed by atoms with Crippen molar-refractivity contribution >= 4 is 12.0 Å². The number of hydrogen-bond donors (Lipinski definition) is 2. The molecule has 4 heteroatoms. The molecule has 5 rings (SSSR count). The van der Waals surface area contributed by atoms with E-state index in [-0.39, 0.29) is 29.0 Å². The van der Waals surface area contributed by atoms with Crippen molar-refractivity contribution in [3.05, 3.63) is 41.5 Å². The van der Waals surface area contributed by atoms with Crippen molar-refractivity contribution in [3.63, 3.8) is 0 Å². The number of carbonyl (C=O) groups is 1. The predicted octanol–water partition coefficient (Wildman–Crippen LogP) is 7.14. The molecule has 4 saturated carbocycles. The fourth-order valence-corrected chi connectivity index (χ4v) is 10.4. The summed E-state index contributed by atoms with van der Waals surface area (Å²) in [7, 11) is 1.42. The zero-order valence-electron chi connectivity index (χ0n) is 24.2. The van der Waals surface area contributed by atoms with Gasteiger partial charge in [-0.25, -0.2) is 4.79 Å². The number of allylic oxidation sites excluding steroid dienone is 1. The van der Waals surface area contributed by atoms with Crippen LogP contribution in [-0.4, -0.2) is 35.5 Å². The molecular formula is C34H50O4. The van der Waals surface area contributed by atoms with Crippen LogP contribution in [0.2, 0.25) is 0 Å². The molecule has 0 amide bonds. The highest BCUT2D eigenvalue weighted by Crippen LogP contribution is 2.69. The van der Waals surface area contributed by atoms with Gasteiger partial charge in [-0.3, -0.25) is 0 Å². The fourth-order valence-electron chi connectivity index (χ4n) is 10.4. The van der Waals surface area contributed by atoms with E-state index in [1.165, 1.54) is 32.8 Å². The van der Waals surface area contributed by atoms with Crippen LogP contribution in [0.5, 0.6) is 0 Å². The number of aliphatic hydroxyl groups excluding tert-OH is 2. The Morgan fingerprint density at radius 1 is 1.08 bits per heavy atom. The van der Waals surface area contributed by atoms with E-state index in [9.17, 15) is 15.0 Å². The average molecular weight is 523 g/mol. The number of rotatable bonds is 6. The molecule has 4 aliphatic carbocycles. The highest BCUT2D eigenvalue weighted by atomic mass is 16.5. The number of hydrogen-bond acceptors (Lipinski definition) is 4. The topological polar surface area (TPSA) is 66.8 Å². The third-order valence-corrected chi connectivity index (χ3v) is 12.3. The second-order valence-electron chi connectivity index (χ2n) is 13.9.